The summed E-state index contributed by atoms with van der Waals surface area (Å²) in [4.78, 5) is 35.8. The molecule has 5 rings (SSSR count). The van der Waals surface area contributed by atoms with E-state index in [-0.39, 0.29) is 33.6 Å². The largest absolute Gasteiger partial charge is 0.289 e. The van der Waals surface area contributed by atoms with Gasteiger partial charge in [0.2, 0.25) is 0 Å². The first kappa shape index (κ1) is 23.3. The zero-order valence-corrected chi connectivity index (χ0v) is 20.0. The lowest BCUT2D eigenvalue weighted by Crippen LogP contribution is -2.21. The number of benzene rings is 4. The molecule has 0 saturated heterocycles. The van der Waals surface area contributed by atoms with Crippen LogP contribution in [0.5, 0.6) is 0 Å². The third-order valence-corrected chi connectivity index (χ3v) is 7.79. The molecule has 0 amide bonds. The number of azide groups is 2. The molecule has 0 atom stereocenters. The molecule has 1 aliphatic carbocycles. The summed E-state index contributed by atoms with van der Waals surface area (Å²) >= 11 is 2.53. The van der Waals surface area contributed by atoms with Crippen LogP contribution in [0.1, 0.15) is 31.8 Å². The first-order valence-electron chi connectivity index (χ1n) is 10.6. The van der Waals surface area contributed by atoms with Crippen LogP contribution in [0.4, 0.5) is 11.4 Å². The van der Waals surface area contributed by atoms with Crippen LogP contribution in [0, 0.1) is 0 Å². The molecule has 172 valence electrons. The number of fused-ring (bicyclic) bond motifs is 2. The molecule has 4 aromatic rings. The van der Waals surface area contributed by atoms with Crippen molar-refractivity contribution in [1.29, 1.82) is 0 Å². The van der Waals surface area contributed by atoms with Crippen LogP contribution in [0.2, 0.25) is 0 Å². The van der Waals surface area contributed by atoms with E-state index in [4.69, 9.17) is 0 Å². The highest BCUT2D eigenvalue weighted by molar-refractivity contribution is 8.02. The van der Waals surface area contributed by atoms with E-state index in [0.717, 1.165) is 9.79 Å². The standard InChI is InChI=1S/C26H14N6O2S2/c27-31-29-21-19-20(24(34)18-14-8-7-13-17(18)23(19)33)22(30-32-28)26(36-16-11-5-2-6-12-16)25(21)35-15-9-3-1-4-10-15/h1-14H. The Labute approximate surface area is 213 Å². The van der Waals surface area contributed by atoms with E-state index in [0.29, 0.717) is 9.79 Å². The lowest BCUT2D eigenvalue weighted by Gasteiger charge is -2.25. The number of hydrogen-bond donors (Lipinski definition) is 0. The molecule has 8 nitrogen and oxygen atoms in total. The third kappa shape index (κ3) is 4.11. The van der Waals surface area contributed by atoms with Gasteiger partial charge < -0.3 is 0 Å². The molecule has 0 unspecified atom stereocenters. The van der Waals surface area contributed by atoms with Crippen LogP contribution in [-0.4, -0.2) is 11.6 Å². The van der Waals surface area contributed by atoms with Crippen molar-refractivity contribution in [3.63, 3.8) is 0 Å². The molecule has 36 heavy (non-hydrogen) atoms. The lowest BCUT2D eigenvalue weighted by atomic mass is 9.82. The highest BCUT2D eigenvalue weighted by atomic mass is 32.2. The van der Waals surface area contributed by atoms with Gasteiger partial charge in [0.15, 0.2) is 11.6 Å². The molecular formula is C26H14N6O2S2. The highest BCUT2D eigenvalue weighted by Gasteiger charge is 2.37. The summed E-state index contributed by atoms with van der Waals surface area (Å²) in [5, 5.41) is 7.83. The van der Waals surface area contributed by atoms with E-state index in [1.165, 1.54) is 23.5 Å². The van der Waals surface area contributed by atoms with Crippen molar-refractivity contribution in [2.24, 2.45) is 10.2 Å². The van der Waals surface area contributed by atoms with Crippen molar-refractivity contribution in [3.05, 3.63) is 128 Å². The van der Waals surface area contributed by atoms with Gasteiger partial charge in [-0.1, -0.05) is 94.4 Å². The minimum Gasteiger partial charge on any atom is -0.289 e. The second kappa shape index (κ2) is 10.0. The number of hydrogen-bond acceptors (Lipinski definition) is 6. The summed E-state index contributed by atoms with van der Waals surface area (Å²) in [5.74, 6) is -0.939. The minimum atomic E-state index is -0.469. The van der Waals surface area contributed by atoms with Gasteiger partial charge in [0.05, 0.1) is 11.4 Å². The van der Waals surface area contributed by atoms with Gasteiger partial charge in [0.1, 0.15) is 0 Å². The molecule has 0 fully saturated rings. The fraction of sp³-hybridized carbons (Fsp3) is 0. The first-order valence-corrected chi connectivity index (χ1v) is 12.3. The van der Waals surface area contributed by atoms with Gasteiger partial charge >= 0.3 is 0 Å². The average Bonchev–Trinajstić information content (AvgIpc) is 2.91. The molecule has 0 bridgehead atoms. The number of carbonyl (C=O) groups excluding carboxylic acids is 2. The van der Waals surface area contributed by atoms with Gasteiger partial charge in [-0.2, -0.15) is 0 Å². The lowest BCUT2D eigenvalue weighted by molar-refractivity contribution is 0.0979. The third-order valence-electron chi connectivity index (χ3n) is 5.45. The smallest absolute Gasteiger partial charge is 0.195 e. The predicted octanol–water partition coefficient (Wildman–Crippen LogP) is 8.65. The Morgan fingerprint density at radius 1 is 0.556 bits per heavy atom. The fourth-order valence-corrected chi connectivity index (χ4v) is 6.12. The number of ketones is 2. The maximum Gasteiger partial charge on any atom is 0.195 e. The summed E-state index contributed by atoms with van der Waals surface area (Å²) < 4.78 is 0. The topological polar surface area (TPSA) is 132 Å². The SMILES string of the molecule is [N-]=[N+]=Nc1c(Sc2ccccc2)c(Sc2ccccc2)c(N=[N+]=[N-])c2c1C(=O)c1ccccc1C2=O. The number of carbonyl (C=O) groups is 2. The van der Waals surface area contributed by atoms with Gasteiger partial charge in [-0.15, -0.1) is 0 Å². The monoisotopic (exact) mass is 506 g/mol. The maximum absolute atomic E-state index is 13.7. The predicted molar refractivity (Wildman–Crippen MR) is 138 cm³/mol. The van der Waals surface area contributed by atoms with Crippen molar-refractivity contribution in [3.8, 4) is 0 Å². The Balaban J connectivity index is 1.90. The summed E-state index contributed by atoms with van der Waals surface area (Å²) in [6.07, 6.45) is 0. The van der Waals surface area contributed by atoms with Gasteiger partial charge in [-0.05, 0) is 35.3 Å². The quantitative estimate of drug-likeness (QED) is 0.129. The van der Waals surface area contributed by atoms with E-state index >= 15 is 0 Å². The van der Waals surface area contributed by atoms with Gasteiger partial charge in [0.25, 0.3) is 0 Å². The number of nitrogens with zero attached hydrogens (tertiary/aromatic N) is 6. The zero-order valence-electron chi connectivity index (χ0n) is 18.4. The molecule has 0 saturated carbocycles. The van der Waals surface area contributed by atoms with Crippen LogP contribution in [-0.2, 0) is 0 Å². The molecule has 1 aliphatic rings. The first-order chi connectivity index (χ1) is 17.6. The average molecular weight is 507 g/mol. The molecule has 4 aromatic carbocycles. The Hall–Kier alpha value is -4.46. The van der Waals surface area contributed by atoms with Crippen molar-refractivity contribution in [2.75, 3.05) is 0 Å². The van der Waals surface area contributed by atoms with Gasteiger partial charge in [0, 0.05) is 51.7 Å². The molecule has 0 heterocycles. The van der Waals surface area contributed by atoms with Crippen molar-refractivity contribution < 1.29 is 9.59 Å². The fourth-order valence-electron chi connectivity index (χ4n) is 3.95. The normalized spacial score (nSPS) is 11.7. The van der Waals surface area contributed by atoms with Crippen molar-refractivity contribution >= 4 is 46.5 Å². The van der Waals surface area contributed by atoms with Gasteiger partial charge in [-0.25, -0.2) is 0 Å². The molecule has 0 radical (unpaired) electrons. The Kier molecular flexibility index (Phi) is 6.49. The molecule has 0 aromatic heterocycles. The molecule has 0 spiro atoms. The summed E-state index contributed by atoms with van der Waals surface area (Å²) in [6.45, 7) is 0. The Morgan fingerprint density at radius 3 is 1.28 bits per heavy atom. The highest BCUT2D eigenvalue weighted by Crippen LogP contribution is 2.54. The summed E-state index contributed by atoms with van der Waals surface area (Å²) in [6, 6.07) is 25.1. The zero-order chi connectivity index (χ0) is 25.1. The minimum absolute atomic E-state index is 0.0320. The van der Waals surface area contributed by atoms with Crippen LogP contribution >= 0.6 is 23.5 Å². The van der Waals surface area contributed by atoms with Gasteiger partial charge in [-0.3, -0.25) is 9.59 Å². The second-order valence-corrected chi connectivity index (χ2v) is 9.69. The maximum atomic E-state index is 13.7. The molecule has 10 heteroatoms. The van der Waals surface area contributed by atoms with E-state index < -0.39 is 11.6 Å². The van der Waals surface area contributed by atoms with E-state index in [1.807, 2.05) is 60.7 Å². The second-order valence-electron chi connectivity index (χ2n) is 7.52. The molecule has 0 N–H and O–H groups in total. The van der Waals surface area contributed by atoms with Crippen molar-refractivity contribution in [1.82, 2.24) is 0 Å². The van der Waals surface area contributed by atoms with Crippen LogP contribution in [0.3, 0.4) is 0 Å². The summed E-state index contributed by atoms with van der Waals surface area (Å²) in [5.41, 5.74) is 19.3. The van der Waals surface area contributed by atoms with Crippen molar-refractivity contribution in [2.45, 2.75) is 19.6 Å². The van der Waals surface area contributed by atoms with E-state index in [2.05, 4.69) is 20.1 Å². The Bertz CT molecular complexity index is 1510. The molecular weight excluding hydrogens is 492 g/mol. The summed E-state index contributed by atoms with van der Waals surface area (Å²) in [7, 11) is 0. The Morgan fingerprint density at radius 2 is 0.917 bits per heavy atom. The van der Waals surface area contributed by atoms with Crippen LogP contribution in [0.25, 0.3) is 20.9 Å². The number of rotatable bonds is 6. The van der Waals surface area contributed by atoms with Crippen LogP contribution in [0.15, 0.2) is 115 Å². The van der Waals surface area contributed by atoms with E-state index in [9.17, 15) is 20.7 Å². The van der Waals surface area contributed by atoms with Crippen LogP contribution < -0.4 is 0 Å². The van der Waals surface area contributed by atoms with E-state index in [1.54, 1.807) is 24.3 Å². The molecule has 0 aliphatic heterocycles.